The molecule has 0 radical (unpaired) electrons. The van der Waals surface area contributed by atoms with Gasteiger partial charge in [-0.05, 0) is 80.9 Å². The van der Waals surface area contributed by atoms with Crippen LogP contribution in [0.15, 0.2) is 24.4 Å². The lowest BCUT2D eigenvalue weighted by Crippen LogP contribution is -2.33. The zero-order valence-electron chi connectivity index (χ0n) is 16.8. The lowest BCUT2D eigenvalue weighted by atomic mass is 9.89. The first-order valence-corrected chi connectivity index (χ1v) is 11.0. The molecule has 0 bridgehead atoms. The van der Waals surface area contributed by atoms with Crippen molar-refractivity contribution in [1.29, 1.82) is 0 Å². The Balaban J connectivity index is 0.00000240. The molecule has 0 spiro atoms. The molecule has 160 valence electrons. The molecule has 4 rings (SSSR count). The summed E-state index contributed by atoms with van der Waals surface area (Å²) in [4.78, 5) is 10.8. The van der Waals surface area contributed by atoms with Crippen LogP contribution in [0.5, 0.6) is 5.75 Å². The fourth-order valence-electron chi connectivity index (χ4n) is 4.92. The highest BCUT2D eigenvalue weighted by atomic mass is 16.5. The molecule has 2 aliphatic rings. The van der Waals surface area contributed by atoms with Gasteiger partial charge in [0.1, 0.15) is 5.75 Å². The van der Waals surface area contributed by atoms with Crippen molar-refractivity contribution in [2.24, 2.45) is 11.8 Å². The van der Waals surface area contributed by atoms with Gasteiger partial charge in [-0.3, -0.25) is 4.79 Å². The van der Waals surface area contributed by atoms with E-state index in [9.17, 15) is 4.79 Å². The third-order valence-electron chi connectivity index (χ3n) is 6.51. The van der Waals surface area contributed by atoms with E-state index in [1.54, 1.807) is 0 Å². The zero-order chi connectivity index (χ0) is 19.2. The number of nitrogens with one attached hydrogen (secondary N) is 2. The first-order valence-electron chi connectivity index (χ1n) is 11.0. The summed E-state index contributed by atoms with van der Waals surface area (Å²) >= 11 is 0. The molecule has 1 aromatic carbocycles. The normalized spacial score (nSPS) is 18.5. The number of rotatable bonds is 8. The van der Waals surface area contributed by atoms with Crippen LogP contribution < -0.4 is 15.4 Å². The molecule has 1 saturated carbocycles. The van der Waals surface area contributed by atoms with E-state index in [2.05, 4.69) is 27.5 Å². The van der Waals surface area contributed by atoms with E-state index in [1.807, 2.05) is 12.1 Å². The quantitative estimate of drug-likeness (QED) is 0.643. The first kappa shape index (κ1) is 21.8. The topological polar surface area (TPSA) is 55.3 Å². The van der Waals surface area contributed by atoms with E-state index in [0.29, 0.717) is 12.2 Å². The van der Waals surface area contributed by atoms with Gasteiger partial charge in [-0.2, -0.15) is 0 Å². The van der Waals surface area contributed by atoms with Crippen molar-refractivity contribution in [3.05, 3.63) is 30.0 Å². The second-order valence-corrected chi connectivity index (χ2v) is 8.53. The highest BCUT2D eigenvalue weighted by Crippen LogP contribution is 2.30. The second-order valence-electron chi connectivity index (χ2n) is 8.53. The van der Waals surface area contributed by atoms with Gasteiger partial charge >= 0.3 is 0 Å². The van der Waals surface area contributed by atoms with Gasteiger partial charge in [0.05, 0.1) is 0 Å². The molecule has 1 saturated heterocycles. The van der Waals surface area contributed by atoms with Crippen molar-refractivity contribution >= 4 is 17.4 Å². The molecule has 0 amide bonds. The van der Waals surface area contributed by atoms with Crippen LogP contribution in [0.25, 0.3) is 10.9 Å². The van der Waals surface area contributed by atoms with Gasteiger partial charge in [0, 0.05) is 30.2 Å². The van der Waals surface area contributed by atoms with Crippen LogP contribution >= 0.6 is 0 Å². The van der Waals surface area contributed by atoms with Crippen molar-refractivity contribution < 1.29 is 9.53 Å². The Bertz CT molecular complexity index is 774. The maximum atomic E-state index is 10.8. The van der Waals surface area contributed by atoms with Crippen molar-refractivity contribution in [3.8, 4) is 5.75 Å². The van der Waals surface area contributed by atoms with Gasteiger partial charge in [0.15, 0.2) is 0 Å². The predicted molar refractivity (Wildman–Crippen MR) is 119 cm³/mol. The van der Waals surface area contributed by atoms with E-state index in [0.717, 1.165) is 44.6 Å². The molecule has 2 aromatic rings. The molecule has 2 fully saturated rings. The Hall–Kier alpha value is -1.85. The molecular weight excluding hydrogens is 362 g/mol. The van der Waals surface area contributed by atoms with Crippen LogP contribution in [-0.2, 0) is 17.9 Å². The number of hydrogen-bond acceptors (Lipinski definition) is 4. The van der Waals surface area contributed by atoms with Crippen molar-refractivity contribution in [3.63, 3.8) is 0 Å². The third kappa shape index (κ3) is 5.61. The highest BCUT2D eigenvalue weighted by molar-refractivity contribution is 5.85. The van der Waals surface area contributed by atoms with E-state index in [1.165, 1.54) is 61.4 Å². The molecule has 1 aromatic heterocycles. The average molecular weight is 400 g/mol. The van der Waals surface area contributed by atoms with Gasteiger partial charge in [0.2, 0.25) is 0 Å². The number of piperidine rings is 1. The van der Waals surface area contributed by atoms with Crippen LogP contribution in [0.3, 0.4) is 0 Å². The Kier molecular flexibility index (Phi) is 8.13. The summed E-state index contributed by atoms with van der Waals surface area (Å²) in [6, 6.07) is 6.02. The van der Waals surface area contributed by atoms with E-state index >= 15 is 0 Å². The van der Waals surface area contributed by atoms with Crippen molar-refractivity contribution in [1.82, 2.24) is 15.2 Å². The van der Waals surface area contributed by atoms with Crippen LogP contribution in [-0.4, -0.2) is 30.7 Å². The summed E-state index contributed by atoms with van der Waals surface area (Å²) in [6.45, 7) is 5.82. The Morgan fingerprint density at radius 3 is 2.66 bits per heavy atom. The fourth-order valence-corrected chi connectivity index (χ4v) is 4.92. The number of benzene rings is 1. The third-order valence-corrected chi connectivity index (χ3v) is 6.51. The molecule has 0 atom stereocenters. The number of carbonyl (C=O) groups excluding carboxylic acids is 1. The summed E-state index contributed by atoms with van der Waals surface area (Å²) in [6.07, 6.45) is 11.6. The Morgan fingerprint density at radius 2 is 1.90 bits per heavy atom. The fraction of sp³-hybridized carbons (Fsp3) is 0.625. The maximum Gasteiger partial charge on any atom is 0.298 e. The van der Waals surface area contributed by atoms with Crippen molar-refractivity contribution in [2.45, 2.75) is 65.5 Å². The Morgan fingerprint density at radius 1 is 1.10 bits per heavy atom. The smallest absolute Gasteiger partial charge is 0.298 e. The van der Waals surface area contributed by atoms with Gasteiger partial charge in [-0.15, -0.1) is 0 Å². The van der Waals surface area contributed by atoms with Gasteiger partial charge < -0.3 is 19.9 Å². The lowest BCUT2D eigenvalue weighted by Gasteiger charge is -2.23. The molecule has 2 heterocycles. The summed E-state index contributed by atoms with van der Waals surface area (Å²) in [5, 5.41) is 8.32. The summed E-state index contributed by atoms with van der Waals surface area (Å²) in [5.74, 6) is 2.18. The van der Waals surface area contributed by atoms with E-state index in [4.69, 9.17) is 4.74 Å². The lowest BCUT2D eigenvalue weighted by molar-refractivity contribution is -0.120. The van der Waals surface area contributed by atoms with E-state index in [-0.39, 0.29) is 7.43 Å². The van der Waals surface area contributed by atoms with Crippen LogP contribution in [0.1, 0.15) is 57.9 Å². The maximum absolute atomic E-state index is 10.8. The van der Waals surface area contributed by atoms with Crippen LogP contribution in [0, 0.1) is 11.8 Å². The van der Waals surface area contributed by atoms with E-state index < -0.39 is 0 Å². The van der Waals surface area contributed by atoms with Crippen LogP contribution in [0.2, 0.25) is 0 Å². The number of ether oxygens (including phenoxy) is 1. The van der Waals surface area contributed by atoms with Gasteiger partial charge in [-0.1, -0.05) is 26.7 Å². The molecule has 0 unspecified atom stereocenters. The monoisotopic (exact) mass is 399 g/mol. The minimum Gasteiger partial charge on any atom is -0.429 e. The molecule has 2 N–H and O–H groups in total. The second kappa shape index (κ2) is 10.8. The Labute approximate surface area is 175 Å². The summed E-state index contributed by atoms with van der Waals surface area (Å²) in [7, 11) is 0. The first-order chi connectivity index (χ1) is 13.8. The van der Waals surface area contributed by atoms with Gasteiger partial charge in [0.25, 0.3) is 6.47 Å². The molecule has 1 aliphatic carbocycles. The number of hydrogen-bond donors (Lipinski definition) is 2. The minimum absolute atomic E-state index is 0. The van der Waals surface area contributed by atoms with Gasteiger partial charge in [-0.25, -0.2) is 0 Å². The zero-order valence-corrected chi connectivity index (χ0v) is 16.8. The van der Waals surface area contributed by atoms with Crippen LogP contribution in [0.4, 0.5) is 0 Å². The molecule has 5 heteroatoms. The largest absolute Gasteiger partial charge is 0.429 e. The highest BCUT2D eigenvalue weighted by Gasteiger charge is 2.17. The molecule has 1 aliphatic heterocycles. The molecular formula is C24H37N3O2. The minimum atomic E-state index is 0. The number of aromatic nitrogens is 1. The SMILES string of the molecule is C.O=COc1ccc2c(c1)c(CNCC1CCNCC1)cn2CC1CCCCC1. The summed E-state index contributed by atoms with van der Waals surface area (Å²) in [5.41, 5.74) is 2.55. The molecule has 29 heavy (non-hydrogen) atoms. The molecule has 5 nitrogen and oxygen atoms in total. The standard InChI is InChI=1S/C23H33N3O2.CH4/c27-17-28-21-6-7-23-22(12-21)20(14-25-13-18-8-10-24-11-9-18)16-26(23)15-19-4-2-1-3-5-19;/h6-7,12,16-19,24-25H,1-5,8-11,13-15H2;1H4. The summed E-state index contributed by atoms with van der Waals surface area (Å²) < 4.78 is 7.54. The predicted octanol–water partition coefficient (Wildman–Crippen LogP) is 4.48. The number of nitrogens with zero attached hydrogens (tertiary/aromatic N) is 1. The average Bonchev–Trinajstić information content (AvgIpc) is 3.07. The number of carbonyl (C=O) groups is 1. The number of fused-ring (bicyclic) bond motifs is 1. The van der Waals surface area contributed by atoms with Crippen molar-refractivity contribution in [2.75, 3.05) is 19.6 Å².